The van der Waals surface area contributed by atoms with Crippen LogP contribution in [0, 0.1) is 24.5 Å². The molecule has 1 atom stereocenters. The number of benzene rings is 1. The lowest BCUT2D eigenvalue weighted by molar-refractivity contribution is -0.110. The molecule has 1 aromatic carbocycles. The van der Waals surface area contributed by atoms with Crippen molar-refractivity contribution >= 4 is 6.29 Å². The van der Waals surface area contributed by atoms with Crippen LogP contribution < -0.4 is 0 Å². The van der Waals surface area contributed by atoms with Crippen molar-refractivity contribution in [2.24, 2.45) is 5.92 Å². The predicted octanol–water partition coefficient (Wildman–Crippen LogP) is 2.65. The Morgan fingerprint density at radius 1 is 1.36 bits per heavy atom. The van der Waals surface area contributed by atoms with E-state index in [2.05, 4.69) is 0 Å². The summed E-state index contributed by atoms with van der Waals surface area (Å²) in [6.07, 6.45) is 0.976. The van der Waals surface area contributed by atoms with E-state index in [0.29, 0.717) is 0 Å². The summed E-state index contributed by atoms with van der Waals surface area (Å²) in [7, 11) is 0. The van der Waals surface area contributed by atoms with Crippen molar-refractivity contribution in [3.05, 3.63) is 34.9 Å². The fourth-order valence-electron chi connectivity index (χ4n) is 1.24. The number of hydrogen-bond donors (Lipinski definition) is 0. The average Bonchev–Trinajstić information content (AvgIpc) is 2.19. The van der Waals surface area contributed by atoms with Crippen LogP contribution in [-0.4, -0.2) is 6.29 Å². The van der Waals surface area contributed by atoms with Crippen LogP contribution in [0.15, 0.2) is 12.1 Å². The number of carbonyl (C=O) groups excluding carboxylic acids is 1. The lowest BCUT2D eigenvalue weighted by Gasteiger charge is -2.07. The van der Waals surface area contributed by atoms with Crippen LogP contribution in [0.1, 0.15) is 18.1 Å². The minimum absolute atomic E-state index is 0.243. The maximum absolute atomic E-state index is 13.3. The van der Waals surface area contributed by atoms with Crippen molar-refractivity contribution in [3.8, 4) is 0 Å². The predicted molar refractivity (Wildman–Crippen MR) is 50.0 cm³/mol. The van der Waals surface area contributed by atoms with Crippen LogP contribution in [0.3, 0.4) is 0 Å². The van der Waals surface area contributed by atoms with Gasteiger partial charge in [-0.25, -0.2) is 8.78 Å². The van der Waals surface area contributed by atoms with Crippen molar-refractivity contribution in [3.63, 3.8) is 0 Å². The molecule has 1 aromatic rings. The Bertz CT molecular complexity index is 347. The third-order valence-electron chi connectivity index (χ3n) is 2.13. The van der Waals surface area contributed by atoms with Gasteiger partial charge in [-0.2, -0.15) is 0 Å². The largest absolute Gasteiger partial charge is 0.303 e. The Morgan fingerprint density at radius 3 is 2.57 bits per heavy atom. The number of aldehydes is 1. The highest BCUT2D eigenvalue weighted by Gasteiger charge is 2.12. The van der Waals surface area contributed by atoms with Gasteiger partial charge in [-0.3, -0.25) is 0 Å². The van der Waals surface area contributed by atoms with E-state index in [0.717, 1.165) is 6.29 Å². The highest BCUT2D eigenvalue weighted by atomic mass is 19.2. The molecule has 0 aliphatic carbocycles. The van der Waals surface area contributed by atoms with Crippen LogP contribution in [0.4, 0.5) is 8.78 Å². The Kier molecular flexibility index (Phi) is 3.33. The zero-order chi connectivity index (χ0) is 10.7. The molecule has 76 valence electrons. The Morgan fingerprint density at radius 2 is 2.00 bits per heavy atom. The van der Waals surface area contributed by atoms with E-state index in [1.807, 2.05) is 0 Å². The van der Waals surface area contributed by atoms with Crippen molar-refractivity contribution < 1.29 is 13.6 Å². The highest BCUT2D eigenvalue weighted by molar-refractivity contribution is 5.53. The molecule has 0 radical (unpaired) electrons. The third-order valence-corrected chi connectivity index (χ3v) is 2.13. The van der Waals surface area contributed by atoms with Gasteiger partial charge in [0.15, 0.2) is 11.6 Å². The van der Waals surface area contributed by atoms with Gasteiger partial charge >= 0.3 is 0 Å². The maximum Gasteiger partial charge on any atom is 0.162 e. The van der Waals surface area contributed by atoms with E-state index in [1.165, 1.54) is 19.1 Å². The van der Waals surface area contributed by atoms with Crippen molar-refractivity contribution in [2.45, 2.75) is 20.3 Å². The van der Waals surface area contributed by atoms with Gasteiger partial charge in [-0.15, -0.1) is 0 Å². The highest BCUT2D eigenvalue weighted by Crippen LogP contribution is 2.17. The molecule has 0 N–H and O–H groups in total. The maximum atomic E-state index is 13.3. The molecule has 0 aliphatic heterocycles. The minimum atomic E-state index is -0.835. The number of hydrogen-bond acceptors (Lipinski definition) is 1. The molecule has 0 bridgehead atoms. The Balaban J connectivity index is 2.99. The van der Waals surface area contributed by atoms with Crippen LogP contribution in [-0.2, 0) is 11.2 Å². The second-order valence-corrected chi connectivity index (χ2v) is 3.49. The summed E-state index contributed by atoms with van der Waals surface area (Å²) in [6, 6.07) is 3.04. The molecule has 0 fully saturated rings. The van der Waals surface area contributed by atoms with E-state index in [4.69, 9.17) is 0 Å². The van der Waals surface area contributed by atoms with E-state index in [9.17, 15) is 13.6 Å². The SMILES string of the molecule is Cc1ccc(CC(C)C=O)c(F)c1F. The molecule has 0 saturated carbocycles. The molecule has 1 rings (SSSR count). The van der Waals surface area contributed by atoms with Gasteiger partial charge in [0.2, 0.25) is 0 Å². The minimum Gasteiger partial charge on any atom is -0.303 e. The molecule has 0 saturated heterocycles. The van der Waals surface area contributed by atoms with Crippen molar-refractivity contribution in [2.75, 3.05) is 0 Å². The Labute approximate surface area is 81.7 Å². The van der Waals surface area contributed by atoms with Crippen LogP contribution in [0.25, 0.3) is 0 Å². The average molecular weight is 198 g/mol. The standard InChI is InChI=1S/C11H12F2O/c1-7(6-14)5-9-4-3-8(2)10(12)11(9)13/h3-4,6-7H,5H2,1-2H3. The fourth-order valence-corrected chi connectivity index (χ4v) is 1.24. The molecule has 0 aromatic heterocycles. The lowest BCUT2D eigenvalue weighted by atomic mass is 10.0. The quantitative estimate of drug-likeness (QED) is 0.682. The van der Waals surface area contributed by atoms with E-state index in [-0.39, 0.29) is 23.5 Å². The Hall–Kier alpha value is -1.25. The molecule has 14 heavy (non-hydrogen) atoms. The first kappa shape index (κ1) is 10.8. The number of aryl methyl sites for hydroxylation is 1. The molecule has 0 aliphatic rings. The zero-order valence-corrected chi connectivity index (χ0v) is 8.18. The first-order valence-electron chi connectivity index (χ1n) is 4.45. The second kappa shape index (κ2) is 4.31. The summed E-state index contributed by atoms with van der Waals surface area (Å²) < 4.78 is 26.4. The molecular weight excluding hydrogens is 186 g/mol. The van der Waals surface area contributed by atoms with Gasteiger partial charge in [-0.05, 0) is 24.5 Å². The number of carbonyl (C=O) groups is 1. The molecule has 1 unspecified atom stereocenters. The van der Waals surface area contributed by atoms with Gasteiger partial charge in [0.05, 0.1) is 0 Å². The van der Waals surface area contributed by atoms with Crippen LogP contribution in [0.2, 0.25) is 0 Å². The smallest absolute Gasteiger partial charge is 0.162 e. The molecular formula is C11H12F2O. The van der Waals surface area contributed by atoms with Crippen LogP contribution in [0.5, 0.6) is 0 Å². The van der Waals surface area contributed by atoms with Gasteiger partial charge in [0, 0.05) is 5.92 Å². The molecule has 3 heteroatoms. The summed E-state index contributed by atoms with van der Waals surface area (Å²) in [5, 5.41) is 0. The molecule has 1 nitrogen and oxygen atoms in total. The van der Waals surface area contributed by atoms with E-state index in [1.54, 1.807) is 6.92 Å². The first-order chi connectivity index (χ1) is 6.56. The van der Waals surface area contributed by atoms with Crippen molar-refractivity contribution in [1.29, 1.82) is 0 Å². The van der Waals surface area contributed by atoms with Crippen LogP contribution >= 0.6 is 0 Å². The van der Waals surface area contributed by atoms with Crippen molar-refractivity contribution in [1.82, 2.24) is 0 Å². The normalized spacial score (nSPS) is 12.6. The summed E-state index contributed by atoms with van der Waals surface area (Å²) in [5.41, 5.74) is 0.540. The van der Waals surface area contributed by atoms with Gasteiger partial charge in [0.25, 0.3) is 0 Å². The third kappa shape index (κ3) is 2.16. The fraction of sp³-hybridized carbons (Fsp3) is 0.364. The summed E-state index contributed by atoms with van der Waals surface area (Å²) in [6.45, 7) is 3.18. The number of halogens is 2. The van der Waals surface area contributed by atoms with E-state index >= 15 is 0 Å². The zero-order valence-electron chi connectivity index (χ0n) is 8.18. The van der Waals surface area contributed by atoms with Gasteiger partial charge < -0.3 is 4.79 Å². The molecule has 0 heterocycles. The summed E-state index contributed by atoms with van der Waals surface area (Å²) in [5.74, 6) is -1.94. The second-order valence-electron chi connectivity index (χ2n) is 3.49. The number of rotatable bonds is 3. The molecule has 0 amide bonds. The topological polar surface area (TPSA) is 17.1 Å². The molecule has 0 spiro atoms. The van der Waals surface area contributed by atoms with Gasteiger partial charge in [0.1, 0.15) is 6.29 Å². The first-order valence-corrected chi connectivity index (χ1v) is 4.45. The van der Waals surface area contributed by atoms with E-state index < -0.39 is 11.6 Å². The van der Waals surface area contributed by atoms with Gasteiger partial charge in [-0.1, -0.05) is 19.1 Å². The monoisotopic (exact) mass is 198 g/mol. The summed E-state index contributed by atoms with van der Waals surface area (Å²) in [4.78, 5) is 10.4. The summed E-state index contributed by atoms with van der Waals surface area (Å²) >= 11 is 0. The lowest BCUT2D eigenvalue weighted by Crippen LogP contribution is -2.04.